The predicted octanol–water partition coefficient (Wildman–Crippen LogP) is 4.56. The summed E-state index contributed by atoms with van der Waals surface area (Å²) >= 11 is 9.33. The molecule has 0 saturated carbocycles. The molecule has 0 fully saturated rings. The summed E-state index contributed by atoms with van der Waals surface area (Å²) in [6, 6.07) is 12.0. The molecule has 1 heterocycles. The Morgan fingerprint density at radius 2 is 1.93 bits per heavy atom. The maximum Gasteiger partial charge on any atom is 0.340 e. The number of ether oxygens (including phenoxy) is 1. The van der Waals surface area contributed by atoms with Crippen molar-refractivity contribution in [2.24, 2.45) is 0 Å². The first kappa shape index (κ1) is 20.4. The first-order chi connectivity index (χ1) is 13.2. The van der Waals surface area contributed by atoms with Crippen LogP contribution in [0.3, 0.4) is 0 Å². The lowest BCUT2D eigenvalue weighted by Crippen LogP contribution is -2.14. The second kappa shape index (κ2) is 8.34. The van der Waals surface area contributed by atoms with E-state index in [2.05, 4.69) is 25.8 Å². The van der Waals surface area contributed by atoms with Gasteiger partial charge in [0.25, 0.3) is 10.0 Å². The van der Waals surface area contributed by atoms with Crippen LogP contribution in [0.2, 0.25) is 5.02 Å². The number of carbonyl (C=O) groups excluding carboxylic acids is 1. The third-order valence-corrected chi connectivity index (χ3v) is 5.82. The van der Waals surface area contributed by atoms with Crippen molar-refractivity contribution < 1.29 is 22.5 Å². The van der Waals surface area contributed by atoms with E-state index in [9.17, 15) is 13.2 Å². The topological polar surface area (TPSA) is 98.5 Å². The second-order valence-corrected chi connectivity index (χ2v) is 8.77. The number of anilines is 1. The van der Waals surface area contributed by atoms with Gasteiger partial charge in [0, 0.05) is 16.2 Å². The van der Waals surface area contributed by atoms with E-state index in [4.69, 9.17) is 20.9 Å². The molecule has 0 amide bonds. The molecule has 0 atom stereocenters. The van der Waals surface area contributed by atoms with Gasteiger partial charge in [0.2, 0.25) is 0 Å². The minimum atomic E-state index is -3.92. The SMILES string of the molecule is Cc1cc(COC(=O)c2cc(S(=O)(=O)Nc3ccc(Br)cc3)ccc2Cl)on1. The number of aromatic nitrogens is 1. The highest BCUT2D eigenvalue weighted by molar-refractivity contribution is 9.10. The molecule has 146 valence electrons. The molecule has 1 N–H and O–H groups in total. The summed E-state index contributed by atoms with van der Waals surface area (Å²) in [6.45, 7) is 1.59. The molecule has 1 aromatic heterocycles. The fourth-order valence-corrected chi connectivity index (χ4v) is 3.80. The molecule has 3 aromatic rings. The van der Waals surface area contributed by atoms with Crippen molar-refractivity contribution in [3.63, 3.8) is 0 Å². The Labute approximate surface area is 174 Å². The first-order valence-corrected chi connectivity index (χ1v) is 10.6. The minimum Gasteiger partial charge on any atom is -0.454 e. The number of aryl methyl sites for hydroxylation is 1. The molecule has 3 rings (SSSR count). The lowest BCUT2D eigenvalue weighted by atomic mass is 10.2. The smallest absolute Gasteiger partial charge is 0.340 e. The van der Waals surface area contributed by atoms with E-state index < -0.39 is 16.0 Å². The van der Waals surface area contributed by atoms with Crippen LogP contribution < -0.4 is 4.72 Å². The van der Waals surface area contributed by atoms with Crippen molar-refractivity contribution in [2.45, 2.75) is 18.4 Å². The number of carbonyl (C=O) groups is 1. The van der Waals surface area contributed by atoms with Gasteiger partial charge in [-0.2, -0.15) is 0 Å². The third kappa shape index (κ3) is 4.92. The third-order valence-electron chi connectivity index (χ3n) is 3.59. The number of benzene rings is 2. The van der Waals surface area contributed by atoms with Gasteiger partial charge in [-0.3, -0.25) is 4.72 Å². The maximum atomic E-state index is 12.6. The Morgan fingerprint density at radius 3 is 2.57 bits per heavy atom. The highest BCUT2D eigenvalue weighted by atomic mass is 79.9. The fraction of sp³-hybridized carbons (Fsp3) is 0.111. The Kier molecular flexibility index (Phi) is 6.07. The van der Waals surface area contributed by atoms with E-state index in [1.54, 1.807) is 37.3 Å². The number of nitrogens with one attached hydrogen (secondary N) is 1. The Morgan fingerprint density at radius 1 is 1.21 bits per heavy atom. The molecule has 0 spiro atoms. The molecule has 0 aliphatic carbocycles. The van der Waals surface area contributed by atoms with E-state index >= 15 is 0 Å². The summed E-state index contributed by atoms with van der Waals surface area (Å²) in [5.74, 6) is -0.414. The van der Waals surface area contributed by atoms with Crippen molar-refractivity contribution in [3.8, 4) is 0 Å². The second-order valence-electron chi connectivity index (χ2n) is 5.76. The molecule has 0 radical (unpaired) electrons. The van der Waals surface area contributed by atoms with Crippen LogP contribution in [-0.2, 0) is 21.4 Å². The van der Waals surface area contributed by atoms with Gasteiger partial charge >= 0.3 is 5.97 Å². The summed E-state index contributed by atoms with van der Waals surface area (Å²) in [7, 11) is -3.92. The van der Waals surface area contributed by atoms with Gasteiger partial charge in [-0.05, 0) is 49.4 Å². The molecule has 0 aliphatic heterocycles. The van der Waals surface area contributed by atoms with Gasteiger partial charge in [0.05, 0.1) is 21.2 Å². The normalized spacial score (nSPS) is 11.2. The van der Waals surface area contributed by atoms with E-state index in [1.165, 1.54) is 12.1 Å². The molecular formula is C18H14BrClN2O5S. The maximum absolute atomic E-state index is 12.6. The quantitative estimate of drug-likeness (QED) is 0.514. The lowest BCUT2D eigenvalue weighted by molar-refractivity contribution is 0.0437. The van der Waals surface area contributed by atoms with Gasteiger partial charge < -0.3 is 9.26 Å². The highest BCUT2D eigenvalue weighted by Crippen LogP contribution is 2.24. The van der Waals surface area contributed by atoms with E-state index in [0.717, 1.165) is 10.5 Å². The van der Waals surface area contributed by atoms with Crippen LogP contribution in [0.5, 0.6) is 0 Å². The molecule has 10 heteroatoms. The molecule has 0 bridgehead atoms. The van der Waals surface area contributed by atoms with Crippen LogP contribution in [0.15, 0.2) is 62.4 Å². The highest BCUT2D eigenvalue weighted by Gasteiger charge is 2.20. The number of hydrogen-bond acceptors (Lipinski definition) is 6. The molecule has 0 saturated heterocycles. The zero-order chi connectivity index (χ0) is 20.3. The summed E-state index contributed by atoms with van der Waals surface area (Å²) in [5.41, 5.74) is 0.954. The predicted molar refractivity (Wildman–Crippen MR) is 107 cm³/mol. The van der Waals surface area contributed by atoms with Crippen molar-refractivity contribution in [2.75, 3.05) is 4.72 Å². The summed E-state index contributed by atoms with van der Waals surface area (Å²) in [4.78, 5) is 12.2. The van der Waals surface area contributed by atoms with Crippen LogP contribution in [0.25, 0.3) is 0 Å². The van der Waals surface area contributed by atoms with Gasteiger partial charge in [0.15, 0.2) is 12.4 Å². The summed E-state index contributed by atoms with van der Waals surface area (Å²) in [6.07, 6.45) is 0. The van der Waals surface area contributed by atoms with Crippen molar-refractivity contribution in [1.82, 2.24) is 5.16 Å². The van der Waals surface area contributed by atoms with E-state index in [0.29, 0.717) is 17.1 Å². The van der Waals surface area contributed by atoms with E-state index in [1.807, 2.05) is 0 Å². The number of hydrogen-bond donors (Lipinski definition) is 1. The summed E-state index contributed by atoms with van der Waals surface area (Å²) < 4.78 is 38.6. The average molecular weight is 486 g/mol. The average Bonchev–Trinajstić information content (AvgIpc) is 3.07. The number of rotatable bonds is 6. The monoisotopic (exact) mass is 484 g/mol. The molecule has 2 aromatic carbocycles. The van der Waals surface area contributed by atoms with Crippen LogP contribution in [0, 0.1) is 6.92 Å². The Hall–Kier alpha value is -2.36. The van der Waals surface area contributed by atoms with E-state index in [-0.39, 0.29) is 22.1 Å². The number of nitrogens with zero attached hydrogens (tertiary/aromatic N) is 1. The van der Waals surface area contributed by atoms with Gasteiger partial charge in [0.1, 0.15) is 0 Å². The van der Waals surface area contributed by atoms with Crippen LogP contribution >= 0.6 is 27.5 Å². The number of esters is 1. The van der Waals surface area contributed by atoms with Crippen LogP contribution in [0.1, 0.15) is 21.8 Å². The fourth-order valence-electron chi connectivity index (χ4n) is 2.26. The molecule has 28 heavy (non-hydrogen) atoms. The Bertz CT molecular complexity index is 1110. The van der Waals surface area contributed by atoms with Gasteiger partial charge in [-0.15, -0.1) is 0 Å². The van der Waals surface area contributed by atoms with Crippen LogP contribution in [0.4, 0.5) is 5.69 Å². The Balaban J connectivity index is 1.79. The molecule has 0 unspecified atom stereocenters. The van der Waals surface area contributed by atoms with Crippen molar-refractivity contribution >= 4 is 49.2 Å². The number of halogens is 2. The molecular weight excluding hydrogens is 472 g/mol. The largest absolute Gasteiger partial charge is 0.454 e. The summed E-state index contributed by atoms with van der Waals surface area (Å²) in [5, 5.41) is 3.76. The van der Waals surface area contributed by atoms with Crippen molar-refractivity contribution in [3.05, 3.63) is 75.0 Å². The first-order valence-electron chi connectivity index (χ1n) is 7.92. The van der Waals surface area contributed by atoms with Crippen molar-refractivity contribution in [1.29, 1.82) is 0 Å². The molecule has 0 aliphatic rings. The lowest BCUT2D eigenvalue weighted by Gasteiger charge is -2.10. The zero-order valence-electron chi connectivity index (χ0n) is 14.5. The zero-order valence-corrected chi connectivity index (χ0v) is 17.6. The van der Waals surface area contributed by atoms with Gasteiger partial charge in [-0.25, -0.2) is 13.2 Å². The minimum absolute atomic E-state index is 0.0707. The standard InChI is InChI=1S/C18H14BrClN2O5S/c1-11-8-14(27-21-11)10-26-18(23)16-9-15(6-7-17(16)20)28(24,25)22-13-4-2-12(19)3-5-13/h2-9,22H,10H2,1H3. The van der Waals surface area contributed by atoms with Gasteiger partial charge in [-0.1, -0.05) is 32.7 Å². The molecule has 7 nitrogen and oxygen atoms in total. The van der Waals surface area contributed by atoms with Crippen LogP contribution in [-0.4, -0.2) is 19.5 Å². The number of sulfonamides is 1.